The number of methoxy groups -OCH3 is 2. The van der Waals surface area contributed by atoms with Crippen molar-refractivity contribution in [3.8, 4) is 11.5 Å². The second-order valence-electron chi connectivity index (χ2n) is 10.0. The Hall–Kier alpha value is -3.01. The molecule has 3 aliphatic rings. The number of nitrogens with zero attached hydrogens (tertiary/aromatic N) is 2. The van der Waals surface area contributed by atoms with Gasteiger partial charge in [0.2, 0.25) is 15.9 Å². The maximum atomic E-state index is 14.0. The van der Waals surface area contributed by atoms with E-state index in [-0.39, 0.29) is 46.2 Å². The van der Waals surface area contributed by atoms with E-state index in [4.69, 9.17) is 9.47 Å². The summed E-state index contributed by atoms with van der Waals surface area (Å²) in [5.74, 6) is -1.83. The molecule has 12 nitrogen and oxygen atoms in total. The number of ether oxygens (including phenoxy) is 2. The van der Waals surface area contributed by atoms with Crippen LogP contribution in [-0.2, 0) is 42.7 Å². The Labute approximate surface area is 236 Å². The molecule has 1 aromatic carbocycles. The molecule has 1 saturated carbocycles. The predicted molar refractivity (Wildman–Crippen MR) is 149 cm³/mol. The zero-order valence-electron chi connectivity index (χ0n) is 22.2. The first-order valence-corrected chi connectivity index (χ1v) is 16.9. The summed E-state index contributed by atoms with van der Waals surface area (Å²) in [6.45, 7) is -0.0680. The van der Waals surface area contributed by atoms with Gasteiger partial charge in [-0.1, -0.05) is 12.8 Å². The third-order valence-electron chi connectivity index (χ3n) is 7.48. The van der Waals surface area contributed by atoms with Gasteiger partial charge < -0.3 is 19.7 Å². The van der Waals surface area contributed by atoms with E-state index in [1.165, 1.54) is 12.5 Å². The van der Waals surface area contributed by atoms with Crippen molar-refractivity contribution in [2.45, 2.75) is 49.7 Å². The summed E-state index contributed by atoms with van der Waals surface area (Å²) in [5.41, 5.74) is 0.950. The lowest BCUT2D eigenvalue weighted by molar-refractivity contribution is -0.152. The molecule has 1 aliphatic carbocycles. The maximum Gasteiger partial charge on any atom is 0.287 e. The van der Waals surface area contributed by atoms with Crippen LogP contribution in [-0.4, -0.2) is 65.8 Å². The summed E-state index contributed by atoms with van der Waals surface area (Å²) < 4.78 is 66.6. The lowest BCUT2D eigenvalue weighted by Crippen LogP contribution is -2.60. The molecule has 2 aromatic rings. The summed E-state index contributed by atoms with van der Waals surface area (Å²) >= 11 is 1.04. The highest BCUT2D eigenvalue weighted by Gasteiger charge is 2.51. The third kappa shape index (κ3) is 5.34. The van der Waals surface area contributed by atoms with E-state index in [9.17, 15) is 26.4 Å². The summed E-state index contributed by atoms with van der Waals surface area (Å²) in [7, 11) is -4.82. The summed E-state index contributed by atoms with van der Waals surface area (Å²) in [6.07, 6.45) is 3.93. The molecule has 0 spiro atoms. The van der Waals surface area contributed by atoms with E-state index in [1.54, 1.807) is 30.2 Å². The van der Waals surface area contributed by atoms with Crippen molar-refractivity contribution < 1.29 is 35.9 Å². The zero-order chi connectivity index (χ0) is 28.8. The van der Waals surface area contributed by atoms with Gasteiger partial charge in [-0.25, -0.2) is 13.1 Å². The van der Waals surface area contributed by atoms with Crippen LogP contribution in [0.25, 0.3) is 0 Å². The molecule has 1 unspecified atom stereocenters. The number of hydrogen-bond acceptors (Lipinski definition) is 10. The molecule has 3 atom stereocenters. The monoisotopic (exact) mass is 610 g/mol. The van der Waals surface area contributed by atoms with Crippen molar-refractivity contribution in [1.82, 2.24) is 9.62 Å². The van der Waals surface area contributed by atoms with E-state index in [0.717, 1.165) is 36.0 Å². The second-order valence-corrected chi connectivity index (χ2v) is 14.3. The Kier molecular flexibility index (Phi) is 7.67. The molecule has 1 saturated heterocycles. The molecule has 5 rings (SSSR count). The van der Waals surface area contributed by atoms with Crippen molar-refractivity contribution in [1.29, 1.82) is 0 Å². The minimum absolute atomic E-state index is 0.163. The molecule has 15 heteroatoms. The minimum Gasteiger partial charge on any atom is -0.497 e. The standard InChI is InChI=1S/C25H30N4O8S3/c1-36-16-9-8-14(19(10-16)37-2)12-29-18-7-5-4-6-17(18)21(30)20(25(29)31)23-27-24-22(40(34,35)28-23)15(13-38-24)11-26-39(3,32)33/h8-10,13,17-18,20,26H,4-7,11-12H2,1-3H3,(H,27,28)/t17-,18+,20?/m0/s1. The Morgan fingerprint density at radius 3 is 2.60 bits per heavy atom. The molecule has 2 fully saturated rings. The van der Waals surface area contributed by atoms with E-state index >= 15 is 0 Å². The molecular weight excluding hydrogens is 580 g/mol. The Bertz CT molecular complexity index is 1600. The Morgan fingerprint density at radius 1 is 1.15 bits per heavy atom. The number of Topliss-reactive ketones (excluding diaryl/α,β-unsaturated/α-hetero) is 1. The van der Waals surface area contributed by atoms with Crippen LogP contribution in [0.1, 0.15) is 36.8 Å². The van der Waals surface area contributed by atoms with Gasteiger partial charge in [-0.2, -0.15) is 8.42 Å². The number of rotatable bonds is 8. The van der Waals surface area contributed by atoms with Gasteiger partial charge in [0.15, 0.2) is 11.7 Å². The van der Waals surface area contributed by atoms with Gasteiger partial charge in [-0.3, -0.25) is 9.59 Å². The number of carbonyl (C=O) groups is 2. The van der Waals surface area contributed by atoms with Crippen molar-refractivity contribution >= 4 is 53.9 Å². The largest absolute Gasteiger partial charge is 0.497 e. The number of hydrogen-bond donors (Lipinski definition) is 2. The molecule has 40 heavy (non-hydrogen) atoms. The van der Waals surface area contributed by atoms with Crippen molar-refractivity contribution in [3.05, 3.63) is 34.7 Å². The highest BCUT2D eigenvalue weighted by molar-refractivity contribution is 7.91. The van der Waals surface area contributed by atoms with Crippen molar-refractivity contribution in [2.24, 2.45) is 16.2 Å². The molecule has 3 heterocycles. The van der Waals surface area contributed by atoms with E-state index in [0.29, 0.717) is 24.3 Å². The second kappa shape index (κ2) is 10.8. The highest BCUT2D eigenvalue weighted by Crippen LogP contribution is 2.42. The summed E-state index contributed by atoms with van der Waals surface area (Å²) in [5, 5.41) is 4.62. The molecule has 0 bridgehead atoms. The van der Waals surface area contributed by atoms with Gasteiger partial charge in [0.1, 0.15) is 27.2 Å². The number of ketones is 1. The van der Waals surface area contributed by atoms with Crippen LogP contribution in [0.5, 0.6) is 11.5 Å². The van der Waals surface area contributed by atoms with E-state index in [2.05, 4.69) is 14.4 Å². The van der Waals surface area contributed by atoms with Crippen LogP contribution in [0, 0.1) is 11.8 Å². The van der Waals surface area contributed by atoms with Crippen LogP contribution in [0.4, 0.5) is 5.00 Å². The number of sulfonamides is 2. The van der Waals surface area contributed by atoms with Crippen molar-refractivity contribution in [3.63, 3.8) is 0 Å². The Morgan fingerprint density at radius 2 is 1.90 bits per heavy atom. The lowest BCUT2D eigenvalue weighted by Gasteiger charge is -2.46. The fourth-order valence-electron chi connectivity index (χ4n) is 5.62. The average Bonchev–Trinajstić information content (AvgIpc) is 3.33. The Balaban J connectivity index is 1.50. The molecule has 2 N–H and O–H groups in total. The first-order chi connectivity index (χ1) is 18.9. The number of carbonyl (C=O) groups excluding carboxylic acids is 2. The highest BCUT2D eigenvalue weighted by atomic mass is 32.2. The normalized spacial score (nSPS) is 24.0. The van der Waals surface area contributed by atoms with Crippen molar-refractivity contribution in [2.75, 3.05) is 25.8 Å². The SMILES string of the molecule is COc1ccc(CN2C(=O)C(C3=NS(=O)(=O)c4c(CNS(C)(=O)=O)csc4N3)C(=O)[C@H]3CCCC[C@H]32)c(OC)c1. The third-order valence-corrected chi connectivity index (χ3v) is 10.6. The van der Waals surface area contributed by atoms with Gasteiger partial charge >= 0.3 is 0 Å². The summed E-state index contributed by atoms with van der Waals surface area (Å²) in [6, 6.07) is 4.97. The molecule has 1 amide bonds. The molecule has 2 aliphatic heterocycles. The number of likely N-dealkylation sites (tertiary alicyclic amines) is 1. The van der Waals surface area contributed by atoms with Gasteiger partial charge in [0.25, 0.3) is 10.0 Å². The molecular formula is C25H30N4O8S3. The minimum atomic E-state index is -4.32. The quantitative estimate of drug-likeness (QED) is 0.427. The van der Waals surface area contributed by atoms with Crippen LogP contribution in [0.2, 0.25) is 0 Å². The lowest BCUT2D eigenvalue weighted by atomic mass is 9.73. The fraction of sp³-hybridized carbons (Fsp3) is 0.480. The average molecular weight is 611 g/mol. The van der Waals surface area contributed by atoms with Gasteiger partial charge in [0.05, 0.1) is 20.5 Å². The topological polar surface area (TPSA) is 161 Å². The van der Waals surface area contributed by atoms with Gasteiger partial charge in [-0.15, -0.1) is 15.7 Å². The van der Waals surface area contributed by atoms with Gasteiger partial charge in [-0.05, 0) is 30.4 Å². The van der Waals surface area contributed by atoms with Gasteiger partial charge in [0, 0.05) is 42.2 Å². The van der Waals surface area contributed by atoms with E-state index < -0.39 is 37.8 Å². The number of fused-ring (bicyclic) bond motifs is 2. The van der Waals surface area contributed by atoms with Crippen LogP contribution >= 0.6 is 11.3 Å². The first-order valence-electron chi connectivity index (χ1n) is 12.7. The number of amidine groups is 1. The fourth-order valence-corrected chi connectivity index (χ4v) is 8.68. The number of piperidine rings is 1. The smallest absolute Gasteiger partial charge is 0.287 e. The number of nitrogens with one attached hydrogen (secondary N) is 2. The van der Waals surface area contributed by atoms with E-state index in [1.807, 2.05) is 0 Å². The first kappa shape index (κ1) is 28.5. The number of benzene rings is 1. The zero-order valence-corrected chi connectivity index (χ0v) is 24.6. The molecule has 0 radical (unpaired) electrons. The number of thiophene rings is 1. The summed E-state index contributed by atoms with van der Waals surface area (Å²) in [4.78, 5) is 29.2. The van der Waals surface area contributed by atoms with Crippen LogP contribution in [0.3, 0.4) is 0 Å². The predicted octanol–water partition coefficient (Wildman–Crippen LogP) is 2.11. The van der Waals surface area contributed by atoms with Crippen LogP contribution < -0.4 is 19.5 Å². The van der Waals surface area contributed by atoms with Crippen LogP contribution in [0.15, 0.2) is 32.9 Å². The maximum absolute atomic E-state index is 14.0. The number of anilines is 1. The molecule has 1 aromatic heterocycles. The number of amides is 1. The molecule has 216 valence electrons.